The number of hydrogen-bond acceptors (Lipinski definition) is 7. The zero-order chi connectivity index (χ0) is 21.5. The van der Waals surface area contributed by atoms with Gasteiger partial charge in [0, 0.05) is 0 Å². The van der Waals surface area contributed by atoms with Crippen LogP contribution in [0.5, 0.6) is 11.5 Å². The Hall–Kier alpha value is -2.16. The van der Waals surface area contributed by atoms with Gasteiger partial charge in [0.15, 0.2) is 11.5 Å². The first kappa shape index (κ1) is 20.7. The Kier molecular flexibility index (Phi) is 5.62. The number of ether oxygens (including phenoxy) is 3. The Morgan fingerprint density at radius 3 is 2.48 bits per heavy atom. The second kappa shape index (κ2) is 8.41. The van der Waals surface area contributed by atoms with E-state index in [4.69, 9.17) is 14.2 Å². The molecule has 7 nitrogen and oxygen atoms in total. The molecule has 0 unspecified atom stereocenters. The molecule has 3 aliphatic rings. The van der Waals surface area contributed by atoms with E-state index in [0.29, 0.717) is 19.6 Å². The number of aryl methyl sites for hydroxylation is 1. The monoisotopic (exact) mass is 428 g/mol. The van der Waals surface area contributed by atoms with Crippen LogP contribution in [0.3, 0.4) is 0 Å². The van der Waals surface area contributed by atoms with Crippen molar-refractivity contribution >= 4 is 0 Å². The molecule has 2 heterocycles. The minimum atomic E-state index is -1.38. The molecule has 2 aromatic carbocycles. The molecule has 5 atom stereocenters. The van der Waals surface area contributed by atoms with Crippen LogP contribution in [0, 0.1) is 0 Å². The van der Waals surface area contributed by atoms with Gasteiger partial charge in [0.25, 0.3) is 0 Å². The molecule has 0 radical (unpaired) electrons. The molecule has 4 N–H and O–H groups in total. The van der Waals surface area contributed by atoms with Crippen molar-refractivity contribution in [3.63, 3.8) is 0 Å². The van der Waals surface area contributed by atoms with Crippen LogP contribution in [0.1, 0.15) is 40.3 Å². The lowest BCUT2D eigenvalue weighted by Gasteiger charge is -2.40. The lowest BCUT2D eigenvalue weighted by atomic mass is 9.87. The van der Waals surface area contributed by atoms with Crippen molar-refractivity contribution in [1.29, 1.82) is 0 Å². The highest BCUT2D eigenvalue weighted by molar-refractivity contribution is 5.48. The van der Waals surface area contributed by atoms with Crippen molar-refractivity contribution in [2.24, 2.45) is 0 Å². The summed E-state index contributed by atoms with van der Waals surface area (Å²) in [7, 11) is 0. The molecular formula is C24H28O7. The zero-order valence-electron chi connectivity index (χ0n) is 17.2. The number of fused-ring (bicyclic) bond motifs is 2. The summed E-state index contributed by atoms with van der Waals surface area (Å²) in [4.78, 5) is 0. The van der Waals surface area contributed by atoms with Gasteiger partial charge in [0.2, 0.25) is 0 Å². The summed E-state index contributed by atoms with van der Waals surface area (Å²) in [6.07, 6.45) is -2.03. The molecule has 0 amide bonds. The van der Waals surface area contributed by atoms with Crippen LogP contribution < -0.4 is 9.47 Å². The number of aliphatic hydroxyl groups is 4. The first-order valence-corrected chi connectivity index (χ1v) is 10.9. The molecule has 0 spiro atoms. The van der Waals surface area contributed by atoms with Crippen LogP contribution in [0.4, 0.5) is 0 Å². The van der Waals surface area contributed by atoms with E-state index in [1.807, 2.05) is 30.3 Å². The topological polar surface area (TPSA) is 109 Å². The average molecular weight is 428 g/mol. The normalized spacial score (nSPS) is 29.6. The fourth-order valence-electron chi connectivity index (χ4n) is 4.94. The van der Waals surface area contributed by atoms with Crippen LogP contribution in [0.2, 0.25) is 0 Å². The third-order valence-corrected chi connectivity index (χ3v) is 6.55. The standard InChI is InChI=1S/C24H28O7/c25-12-20-21(26)22(27)23(28)24(31-20)16-10-14-2-1-3-17(14)15(11-16)8-13-4-5-18-19(9-13)30-7-6-29-18/h4-5,9-11,20-28H,1-3,6-8,12H2/t20-,21-,22+,23-,24+/m1/s1. The van der Waals surface area contributed by atoms with Crippen molar-refractivity contribution in [2.75, 3.05) is 19.8 Å². The predicted octanol–water partition coefficient (Wildman–Crippen LogP) is 1.05. The maximum Gasteiger partial charge on any atom is 0.161 e. The Bertz CT molecular complexity index is 957. The summed E-state index contributed by atoms with van der Waals surface area (Å²) in [5.74, 6) is 1.51. The summed E-state index contributed by atoms with van der Waals surface area (Å²) in [6.45, 7) is 0.663. The third-order valence-electron chi connectivity index (χ3n) is 6.55. The van der Waals surface area contributed by atoms with Gasteiger partial charge in [-0.3, -0.25) is 0 Å². The molecule has 0 aromatic heterocycles. The van der Waals surface area contributed by atoms with Crippen molar-refractivity contribution in [2.45, 2.75) is 56.2 Å². The summed E-state index contributed by atoms with van der Waals surface area (Å²) >= 11 is 0. The van der Waals surface area contributed by atoms with Crippen molar-refractivity contribution in [3.8, 4) is 11.5 Å². The Morgan fingerprint density at radius 1 is 0.871 bits per heavy atom. The molecule has 1 saturated heterocycles. The van der Waals surface area contributed by atoms with E-state index in [-0.39, 0.29) is 0 Å². The molecule has 7 heteroatoms. The second-order valence-electron chi connectivity index (χ2n) is 8.58. The van der Waals surface area contributed by atoms with Gasteiger partial charge >= 0.3 is 0 Å². The van der Waals surface area contributed by atoms with E-state index in [2.05, 4.69) is 0 Å². The van der Waals surface area contributed by atoms with Gasteiger partial charge in [-0.25, -0.2) is 0 Å². The minimum absolute atomic E-state index is 0.434. The average Bonchev–Trinajstić information content (AvgIpc) is 3.27. The predicted molar refractivity (Wildman–Crippen MR) is 111 cm³/mol. The highest BCUT2D eigenvalue weighted by Crippen LogP contribution is 2.38. The van der Waals surface area contributed by atoms with Gasteiger partial charge in [-0.1, -0.05) is 18.2 Å². The van der Waals surface area contributed by atoms with Gasteiger partial charge in [-0.15, -0.1) is 0 Å². The highest BCUT2D eigenvalue weighted by Gasteiger charge is 2.44. The molecule has 1 aliphatic carbocycles. The van der Waals surface area contributed by atoms with Crippen molar-refractivity contribution < 1.29 is 34.6 Å². The number of hydrogen-bond donors (Lipinski definition) is 4. The maximum absolute atomic E-state index is 10.6. The molecule has 166 valence electrons. The first-order chi connectivity index (χ1) is 15.0. The number of benzene rings is 2. The molecule has 2 aliphatic heterocycles. The maximum atomic E-state index is 10.6. The van der Waals surface area contributed by atoms with Crippen LogP contribution in [-0.2, 0) is 24.0 Å². The molecule has 0 saturated carbocycles. The lowest BCUT2D eigenvalue weighted by molar-refractivity contribution is -0.231. The molecule has 5 rings (SSSR count). The Labute approximate surface area is 180 Å². The fourth-order valence-corrected chi connectivity index (χ4v) is 4.94. The largest absolute Gasteiger partial charge is 0.486 e. The third kappa shape index (κ3) is 3.81. The first-order valence-electron chi connectivity index (χ1n) is 10.9. The second-order valence-corrected chi connectivity index (χ2v) is 8.58. The van der Waals surface area contributed by atoms with Gasteiger partial charge < -0.3 is 34.6 Å². The van der Waals surface area contributed by atoms with Crippen LogP contribution >= 0.6 is 0 Å². The van der Waals surface area contributed by atoms with Crippen LogP contribution in [0.25, 0.3) is 0 Å². The van der Waals surface area contributed by atoms with Crippen LogP contribution in [0.15, 0.2) is 30.3 Å². The zero-order valence-corrected chi connectivity index (χ0v) is 17.2. The number of rotatable bonds is 4. The van der Waals surface area contributed by atoms with E-state index in [9.17, 15) is 20.4 Å². The Morgan fingerprint density at radius 2 is 1.68 bits per heavy atom. The van der Waals surface area contributed by atoms with E-state index >= 15 is 0 Å². The fraction of sp³-hybridized carbons (Fsp3) is 0.500. The summed E-state index contributed by atoms with van der Waals surface area (Å²) in [6, 6.07) is 10.0. The summed E-state index contributed by atoms with van der Waals surface area (Å²) in [5.41, 5.74) is 5.55. The van der Waals surface area contributed by atoms with E-state index < -0.39 is 37.1 Å². The lowest BCUT2D eigenvalue weighted by Crippen LogP contribution is -2.55. The Balaban J connectivity index is 1.48. The molecule has 0 bridgehead atoms. The van der Waals surface area contributed by atoms with Crippen LogP contribution in [-0.4, -0.2) is 64.7 Å². The van der Waals surface area contributed by atoms with E-state index in [1.54, 1.807) is 0 Å². The molecule has 1 fully saturated rings. The quantitative estimate of drug-likeness (QED) is 0.577. The number of aliphatic hydroxyl groups excluding tert-OH is 4. The van der Waals surface area contributed by atoms with Gasteiger partial charge in [0.05, 0.1) is 6.61 Å². The van der Waals surface area contributed by atoms with Gasteiger partial charge in [0.1, 0.15) is 43.7 Å². The van der Waals surface area contributed by atoms with E-state index in [0.717, 1.165) is 47.5 Å². The molecule has 2 aromatic rings. The van der Waals surface area contributed by atoms with Gasteiger partial charge in [-0.05, 0) is 65.6 Å². The summed E-state index contributed by atoms with van der Waals surface area (Å²) < 4.78 is 17.1. The van der Waals surface area contributed by atoms with Gasteiger partial charge in [-0.2, -0.15) is 0 Å². The molecular weight excluding hydrogens is 400 g/mol. The van der Waals surface area contributed by atoms with Crippen molar-refractivity contribution in [1.82, 2.24) is 0 Å². The van der Waals surface area contributed by atoms with E-state index in [1.165, 1.54) is 11.1 Å². The smallest absolute Gasteiger partial charge is 0.161 e. The summed E-state index contributed by atoms with van der Waals surface area (Å²) in [5, 5.41) is 40.5. The highest BCUT2D eigenvalue weighted by atomic mass is 16.6. The SMILES string of the molecule is OC[C@H]1O[C@@H](c2cc3c(c(Cc4ccc5c(c4)OCCO5)c2)CCC3)[C@H](O)[C@@H](O)[C@@H]1O. The molecule has 31 heavy (non-hydrogen) atoms. The van der Waals surface area contributed by atoms with Crippen molar-refractivity contribution in [3.05, 3.63) is 58.1 Å². The minimum Gasteiger partial charge on any atom is -0.486 e.